The predicted molar refractivity (Wildman–Crippen MR) is 68.0 cm³/mol. The van der Waals surface area contributed by atoms with E-state index < -0.39 is 0 Å². The molecule has 0 aliphatic heterocycles. The summed E-state index contributed by atoms with van der Waals surface area (Å²) in [6, 6.07) is 3.79. The van der Waals surface area contributed by atoms with Crippen LogP contribution in [0.2, 0.25) is 0 Å². The minimum Gasteiger partial charge on any atom is -0.496 e. The van der Waals surface area contributed by atoms with Crippen molar-refractivity contribution >= 4 is 16.9 Å². The molecule has 0 aliphatic carbocycles. The maximum absolute atomic E-state index is 11.7. The third kappa shape index (κ3) is 1.84. The van der Waals surface area contributed by atoms with Crippen LogP contribution in [0, 0.1) is 6.92 Å². The van der Waals surface area contributed by atoms with E-state index in [1.54, 1.807) is 14.0 Å². The van der Waals surface area contributed by atoms with E-state index in [0.29, 0.717) is 17.0 Å². The highest BCUT2D eigenvalue weighted by Gasteiger charge is 2.11. The van der Waals surface area contributed by atoms with Gasteiger partial charge in [-0.15, -0.1) is 0 Å². The molecule has 5 heteroatoms. The number of hydrogen-bond donors (Lipinski definition) is 1. The fourth-order valence-corrected chi connectivity index (χ4v) is 1.75. The second kappa shape index (κ2) is 4.08. The van der Waals surface area contributed by atoms with E-state index >= 15 is 0 Å². The molecule has 0 radical (unpaired) electrons. The molecule has 0 atom stereocenters. The zero-order valence-electron chi connectivity index (χ0n) is 10.4. The van der Waals surface area contributed by atoms with Gasteiger partial charge in [0.25, 0.3) is 5.56 Å². The molecule has 0 spiro atoms. The predicted octanol–water partition coefficient (Wildman–Crippen LogP) is 1.31. The number of anilines is 1. The van der Waals surface area contributed by atoms with Crippen LogP contribution in [0.15, 0.2) is 16.9 Å². The first-order valence-corrected chi connectivity index (χ1v) is 5.29. The van der Waals surface area contributed by atoms with E-state index in [2.05, 4.69) is 9.97 Å². The van der Waals surface area contributed by atoms with Crippen LogP contribution >= 0.6 is 0 Å². The third-order valence-corrected chi connectivity index (χ3v) is 2.70. The second-order valence-electron chi connectivity index (χ2n) is 4.07. The maximum atomic E-state index is 11.7. The first-order valence-electron chi connectivity index (χ1n) is 5.29. The standard InChI is InChI=1S/C12H15N3O2/c1-7-10(17-4)8-5-6-9(15(2)3)13-11(8)14-12(7)16/h5-6H,1-4H3,(H,13,14,16). The Labute approximate surface area is 99.0 Å². The van der Waals surface area contributed by atoms with Crippen molar-refractivity contribution in [1.82, 2.24) is 9.97 Å². The summed E-state index contributed by atoms with van der Waals surface area (Å²) in [6.45, 7) is 1.73. The van der Waals surface area contributed by atoms with Crippen LogP contribution < -0.4 is 15.2 Å². The molecule has 5 nitrogen and oxygen atoms in total. The molecule has 2 heterocycles. The summed E-state index contributed by atoms with van der Waals surface area (Å²) in [6.07, 6.45) is 0. The summed E-state index contributed by atoms with van der Waals surface area (Å²) >= 11 is 0. The van der Waals surface area contributed by atoms with Crippen molar-refractivity contribution in [3.05, 3.63) is 28.0 Å². The summed E-state index contributed by atoms with van der Waals surface area (Å²) in [5.74, 6) is 1.38. The zero-order valence-corrected chi connectivity index (χ0v) is 10.4. The van der Waals surface area contributed by atoms with Gasteiger partial charge in [-0.05, 0) is 19.1 Å². The van der Waals surface area contributed by atoms with Crippen molar-refractivity contribution in [3.63, 3.8) is 0 Å². The lowest BCUT2D eigenvalue weighted by Crippen LogP contribution is -2.14. The van der Waals surface area contributed by atoms with Gasteiger partial charge in [0.1, 0.15) is 17.2 Å². The maximum Gasteiger partial charge on any atom is 0.256 e. The van der Waals surface area contributed by atoms with Gasteiger partial charge in [0.05, 0.1) is 18.1 Å². The van der Waals surface area contributed by atoms with Gasteiger partial charge in [-0.1, -0.05) is 0 Å². The van der Waals surface area contributed by atoms with Gasteiger partial charge in [0.15, 0.2) is 0 Å². The monoisotopic (exact) mass is 233 g/mol. The molecule has 90 valence electrons. The Kier molecular flexibility index (Phi) is 2.75. The topological polar surface area (TPSA) is 58.2 Å². The van der Waals surface area contributed by atoms with Gasteiger partial charge in [0, 0.05) is 14.1 Å². The van der Waals surface area contributed by atoms with E-state index in [1.165, 1.54) is 0 Å². The Morgan fingerprint density at radius 2 is 2.06 bits per heavy atom. The number of pyridine rings is 2. The van der Waals surface area contributed by atoms with E-state index in [0.717, 1.165) is 11.2 Å². The van der Waals surface area contributed by atoms with Crippen LogP contribution in [0.3, 0.4) is 0 Å². The SMILES string of the molecule is COc1c(C)c(=O)[nH]c2nc(N(C)C)ccc12. The number of ether oxygens (including phenoxy) is 1. The molecule has 0 saturated carbocycles. The Bertz CT molecular complexity index is 617. The molecule has 0 bridgehead atoms. The summed E-state index contributed by atoms with van der Waals surface area (Å²) in [4.78, 5) is 20.7. The Hall–Kier alpha value is -2.04. The van der Waals surface area contributed by atoms with Gasteiger partial charge < -0.3 is 14.6 Å². The Morgan fingerprint density at radius 1 is 1.35 bits per heavy atom. The number of rotatable bonds is 2. The largest absolute Gasteiger partial charge is 0.496 e. The highest BCUT2D eigenvalue weighted by molar-refractivity contribution is 5.84. The molecule has 0 unspecified atom stereocenters. The molecule has 2 aromatic heterocycles. The highest BCUT2D eigenvalue weighted by atomic mass is 16.5. The Morgan fingerprint density at radius 3 is 2.65 bits per heavy atom. The number of aromatic amines is 1. The smallest absolute Gasteiger partial charge is 0.256 e. The molecule has 1 N–H and O–H groups in total. The molecular weight excluding hydrogens is 218 g/mol. The van der Waals surface area contributed by atoms with E-state index in [9.17, 15) is 4.79 Å². The van der Waals surface area contributed by atoms with E-state index in [1.807, 2.05) is 31.1 Å². The van der Waals surface area contributed by atoms with Crippen LogP contribution in [0.1, 0.15) is 5.56 Å². The summed E-state index contributed by atoms with van der Waals surface area (Å²) in [7, 11) is 5.36. The van der Waals surface area contributed by atoms with Gasteiger partial charge in [-0.3, -0.25) is 4.79 Å². The molecule has 0 saturated heterocycles. The zero-order chi connectivity index (χ0) is 12.6. The van der Waals surface area contributed by atoms with Crippen LogP contribution in [0.5, 0.6) is 5.75 Å². The third-order valence-electron chi connectivity index (χ3n) is 2.70. The number of aromatic nitrogens is 2. The number of H-pyrrole nitrogens is 1. The lowest BCUT2D eigenvalue weighted by Gasteiger charge is -2.13. The van der Waals surface area contributed by atoms with Gasteiger partial charge in [0.2, 0.25) is 0 Å². The highest BCUT2D eigenvalue weighted by Crippen LogP contribution is 2.25. The number of hydrogen-bond acceptors (Lipinski definition) is 4. The Balaban J connectivity index is 2.81. The molecule has 2 aromatic rings. The normalized spacial score (nSPS) is 10.6. The van der Waals surface area contributed by atoms with Crippen molar-refractivity contribution in [2.75, 3.05) is 26.1 Å². The molecular formula is C12H15N3O2. The number of nitrogens with zero attached hydrogens (tertiary/aromatic N) is 2. The van der Waals surface area contributed by atoms with Crippen LogP contribution in [0.25, 0.3) is 11.0 Å². The van der Waals surface area contributed by atoms with Gasteiger partial charge >= 0.3 is 0 Å². The summed E-state index contributed by atoms with van der Waals surface area (Å²) in [5, 5.41) is 0.815. The summed E-state index contributed by atoms with van der Waals surface area (Å²) in [5.41, 5.74) is 0.945. The van der Waals surface area contributed by atoms with Crippen molar-refractivity contribution in [1.29, 1.82) is 0 Å². The minimum absolute atomic E-state index is 0.169. The van der Waals surface area contributed by atoms with Gasteiger partial charge in [-0.2, -0.15) is 0 Å². The van der Waals surface area contributed by atoms with Gasteiger partial charge in [-0.25, -0.2) is 4.98 Å². The molecule has 17 heavy (non-hydrogen) atoms. The summed E-state index contributed by atoms with van der Waals surface area (Å²) < 4.78 is 5.27. The first kappa shape index (κ1) is 11.4. The molecule has 0 amide bonds. The van der Waals surface area contributed by atoms with E-state index in [-0.39, 0.29) is 5.56 Å². The quantitative estimate of drug-likeness (QED) is 0.849. The first-order chi connectivity index (χ1) is 8.04. The molecule has 0 aromatic carbocycles. The lowest BCUT2D eigenvalue weighted by molar-refractivity contribution is 0.415. The average molecular weight is 233 g/mol. The fourth-order valence-electron chi connectivity index (χ4n) is 1.75. The van der Waals surface area contributed by atoms with Crippen molar-refractivity contribution in [3.8, 4) is 5.75 Å². The van der Waals surface area contributed by atoms with Crippen molar-refractivity contribution in [2.24, 2.45) is 0 Å². The van der Waals surface area contributed by atoms with E-state index in [4.69, 9.17) is 4.74 Å². The fraction of sp³-hybridized carbons (Fsp3) is 0.333. The molecule has 2 rings (SSSR count). The molecule has 0 fully saturated rings. The lowest BCUT2D eigenvalue weighted by atomic mass is 10.2. The second-order valence-corrected chi connectivity index (χ2v) is 4.07. The van der Waals surface area contributed by atoms with Crippen molar-refractivity contribution in [2.45, 2.75) is 6.92 Å². The van der Waals surface area contributed by atoms with Crippen molar-refractivity contribution < 1.29 is 4.74 Å². The minimum atomic E-state index is -0.169. The van der Waals surface area contributed by atoms with Crippen LogP contribution in [0.4, 0.5) is 5.82 Å². The average Bonchev–Trinajstić information content (AvgIpc) is 2.30. The molecule has 0 aliphatic rings. The number of fused-ring (bicyclic) bond motifs is 1. The number of methoxy groups -OCH3 is 1. The number of nitrogens with one attached hydrogen (secondary N) is 1. The van der Waals surface area contributed by atoms with Crippen LogP contribution in [-0.4, -0.2) is 31.2 Å². The van der Waals surface area contributed by atoms with Crippen LogP contribution in [-0.2, 0) is 0 Å².